The molecule has 1 aliphatic carbocycles. The van der Waals surface area contributed by atoms with Gasteiger partial charge < -0.3 is 10.6 Å². The molecule has 1 heterocycles. The predicted octanol–water partition coefficient (Wildman–Crippen LogP) is 3.38. The molecule has 0 amide bonds. The highest BCUT2D eigenvalue weighted by molar-refractivity contribution is 14.0. The molecule has 2 fully saturated rings. The molecule has 0 aromatic carbocycles. The van der Waals surface area contributed by atoms with Gasteiger partial charge in [-0.05, 0) is 38.0 Å². The van der Waals surface area contributed by atoms with Crippen molar-refractivity contribution >= 4 is 29.9 Å². The van der Waals surface area contributed by atoms with Crippen LogP contribution in [0.1, 0.15) is 58.3 Å². The summed E-state index contributed by atoms with van der Waals surface area (Å²) in [6.07, 6.45) is 11.2. The molecular formula is C14H28IN3. The van der Waals surface area contributed by atoms with Crippen LogP contribution in [0.4, 0.5) is 0 Å². The van der Waals surface area contributed by atoms with Gasteiger partial charge in [0.05, 0.1) is 0 Å². The van der Waals surface area contributed by atoms with Crippen molar-refractivity contribution in [3.05, 3.63) is 0 Å². The average molecular weight is 365 g/mol. The van der Waals surface area contributed by atoms with Gasteiger partial charge in [0.15, 0.2) is 5.96 Å². The molecule has 0 aromatic rings. The lowest BCUT2D eigenvalue weighted by Gasteiger charge is -2.43. The van der Waals surface area contributed by atoms with Crippen LogP contribution in [0.2, 0.25) is 0 Å². The Balaban J connectivity index is 0.00000162. The fourth-order valence-corrected chi connectivity index (χ4v) is 3.55. The van der Waals surface area contributed by atoms with Crippen LogP contribution in [0.15, 0.2) is 4.99 Å². The molecule has 2 aliphatic rings. The smallest absolute Gasteiger partial charge is 0.191 e. The van der Waals surface area contributed by atoms with E-state index in [2.05, 4.69) is 16.8 Å². The van der Waals surface area contributed by atoms with Gasteiger partial charge >= 0.3 is 0 Å². The topological polar surface area (TPSA) is 41.6 Å². The van der Waals surface area contributed by atoms with E-state index >= 15 is 0 Å². The van der Waals surface area contributed by atoms with Crippen LogP contribution in [0.3, 0.4) is 0 Å². The number of guanidine groups is 1. The number of nitrogens with two attached hydrogens (primary N) is 1. The first kappa shape index (κ1) is 16.1. The van der Waals surface area contributed by atoms with Gasteiger partial charge in [-0.15, -0.1) is 24.0 Å². The predicted molar refractivity (Wildman–Crippen MR) is 88.5 cm³/mol. The van der Waals surface area contributed by atoms with Gasteiger partial charge in [-0.2, -0.15) is 0 Å². The average Bonchev–Trinajstić information content (AvgIpc) is 2.55. The molecule has 1 aliphatic heterocycles. The first-order valence-electron chi connectivity index (χ1n) is 7.31. The third kappa shape index (κ3) is 4.00. The monoisotopic (exact) mass is 365 g/mol. The lowest BCUT2D eigenvalue weighted by molar-refractivity contribution is 0.117. The lowest BCUT2D eigenvalue weighted by atomic mass is 9.74. The first-order chi connectivity index (χ1) is 8.26. The molecule has 0 radical (unpaired) electrons. The van der Waals surface area contributed by atoms with Crippen molar-refractivity contribution in [3.8, 4) is 0 Å². The molecular weight excluding hydrogens is 337 g/mol. The Morgan fingerprint density at radius 2 is 1.72 bits per heavy atom. The van der Waals surface area contributed by atoms with Crippen LogP contribution >= 0.6 is 24.0 Å². The second-order valence-corrected chi connectivity index (χ2v) is 5.77. The number of hydrogen-bond donors (Lipinski definition) is 1. The van der Waals surface area contributed by atoms with Crippen molar-refractivity contribution in [2.75, 3.05) is 19.6 Å². The Bertz CT molecular complexity index is 270. The van der Waals surface area contributed by atoms with E-state index in [4.69, 9.17) is 5.73 Å². The van der Waals surface area contributed by atoms with E-state index in [9.17, 15) is 0 Å². The molecule has 0 atom stereocenters. The third-order valence-electron chi connectivity index (χ3n) is 4.47. The maximum atomic E-state index is 6.06. The first-order valence-corrected chi connectivity index (χ1v) is 7.31. The highest BCUT2D eigenvalue weighted by Gasteiger charge is 2.36. The zero-order valence-corrected chi connectivity index (χ0v) is 14.0. The summed E-state index contributed by atoms with van der Waals surface area (Å²) in [5.74, 6) is 0.774. The van der Waals surface area contributed by atoms with E-state index in [1.807, 2.05) is 0 Å². The molecule has 1 spiro atoms. The van der Waals surface area contributed by atoms with E-state index in [1.165, 1.54) is 51.4 Å². The van der Waals surface area contributed by atoms with Crippen LogP contribution in [-0.2, 0) is 0 Å². The van der Waals surface area contributed by atoms with Crippen molar-refractivity contribution in [2.24, 2.45) is 16.1 Å². The Morgan fingerprint density at radius 1 is 1.11 bits per heavy atom. The molecule has 106 valence electrons. The minimum absolute atomic E-state index is 0. The van der Waals surface area contributed by atoms with Crippen LogP contribution in [0.25, 0.3) is 0 Å². The normalized spacial score (nSPS) is 24.5. The summed E-state index contributed by atoms with van der Waals surface area (Å²) in [6, 6.07) is 0. The highest BCUT2D eigenvalue weighted by Crippen LogP contribution is 2.41. The van der Waals surface area contributed by atoms with Gasteiger partial charge in [0, 0.05) is 19.6 Å². The number of hydrogen-bond acceptors (Lipinski definition) is 1. The molecule has 2 N–H and O–H groups in total. The molecule has 0 aromatic heterocycles. The van der Waals surface area contributed by atoms with Crippen LogP contribution < -0.4 is 5.73 Å². The maximum Gasteiger partial charge on any atom is 0.191 e. The van der Waals surface area contributed by atoms with E-state index in [0.717, 1.165) is 25.6 Å². The lowest BCUT2D eigenvalue weighted by Crippen LogP contribution is -2.48. The molecule has 18 heavy (non-hydrogen) atoms. The summed E-state index contributed by atoms with van der Waals surface area (Å²) >= 11 is 0. The van der Waals surface area contributed by atoms with Crippen molar-refractivity contribution in [1.82, 2.24) is 4.90 Å². The number of nitrogens with zero attached hydrogens (tertiary/aromatic N) is 2. The molecule has 2 rings (SSSR count). The van der Waals surface area contributed by atoms with E-state index in [1.54, 1.807) is 0 Å². The maximum absolute atomic E-state index is 6.06. The number of halogens is 1. The quantitative estimate of drug-likeness (QED) is 0.440. The minimum Gasteiger partial charge on any atom is -0.370 e. The van der Waals surface area contributed by atoms with E-state index in [-0.39, 0.29) is 24.0 Å². The second-order valence-electron chi connectivity index (χ2n) is 5.77. The summed E-state index contributed by atoms with van der Waals surface area (Å²) in [5.41, 5.74) is 6.62. The standard InChI is InChI=1S/C14H27N3.HI/c1-2-16-13(15)17-11-7-10-14(12-17)8-5-3-4-6-9-14;/h2-12H2,1H3,(H2,15,16);1H. The van der Waals surface area contributed by atoms with Crippen molar-refractivity contribution in [1.29, 1.82) is 0 Å². The number of piperidine rings is 1. The zero-order valence-electron chi connectivity index (χ0n) is 11.7. The van der Waals surface area contributed by atoms with Crippen molar-refractivity contribution < 1.29 is 0 Å². The van der Waals surface area contributed by atoms with Gasteiger partial charge in [-0.25, -0.2) is 0 Å². The van der Waals surface area contributed by atoms with Crippen LogP contribution in [-0.4, -0.2) is 30.5 Å². The molecule has 0 bridgehead atoms. The van der Waals surface area contributed by atoms with E-state index in [0.29, 0.717) is 5.41 Å². The number of aliphatic imine (C=N–C) groups is 1. The van der Waals surface area contributed by atoms with Gasteiger partial charge in [0.1, 0.15) is 0 Å². The zero-order chi connectivity index (χ0) is 12.1. The summed E-state index contributed by atoms with van der Waals surface area (Å²) in [5, 5.41) is 0. The second kappa shape index (κ2) is 7.56. The van der Waals surface area contributed by atoms with Crippen molar-refractivity contribution in [2.45, 2.75) is 58.3 Å². The largest absolute Gasteiger partial charge is 0.370 e. The number of rotatable bonds is 1. The van der Waals surface area contributed by atoms with Crippen molar-refractivity contribution in [3.63, 3.8) is 0 Å². The summed E-state index contributed by atoms with van der Waals surface area (Å²) < 4.78 is 0. The Labute approximate surface area is 129 Å². The highest BCUT2D eigenvalue weighted by atomic mass is 127. The number of likely N-dealkylation sites (tertiary alicyclic amines) is 1. The molecule has 0 unspecified atom stereocenters. The molecule has 1 saturated carbocycles. The third-order valence-corrected chi connectivity index (χ3v) is 4.47. The minimum atomic E-state index is 0. The Kier molecular flexibility index (Phi) is 6.74. The molecule has 1 saturated heterocycles. The molecule has 4 heteroatoms. The van der Waals surface area contributed by atoms with E-state index < -0.39 is 0 Å². The van der Waals surface area contributed by atoms with Gasteiger partial charge in [0.2, 0.25) is 0 Å². The van der Waals surface area contributed by atoms with Crippen LogP contribution in [0, 0.1) is 5.41 Å². The summed E-state index contributed by atoms with van der Waals surface area (Å²) in [6.45, 7) is 5.12. The summed E-state index contributed by atoms with van der Waals surface area (Å²) in [4.78, 5) is 6.70. The fraction of sp³-hybridized carbons (Fsp3) is 0.929. The van der Waals surface area contributed by atoms with Crippen LogP contribution in [0.5, 0.6) is 0 Å². The fourth-order valence-electron chi connectivity index (χ4n) is 3.55. The summed E-state index contributed by atoms with van der Waals surface area (Å²) in [7, 11) is 0. The Hall–Kier alpha value is 0. The molecule has 3 nitrogen and oxygen atoms in total. The Morgan fingerprint density at radius 3 is 2.33 bits per heavy atom. The van der Waals surface area contributed by atoms with Gasteiger partial charge in [-0.1, -0.05) is 25.7 Å². The SMILES string of the molecule is CCN=C(N)N1CCCC2(CCCCCC2)C1.I. The van der Waals surface area contributed by atoms with Gasteiger partial charge in [0.25, 0.3) is 0 Å². The van der Waals surface area contributed by atoms with Gasteiger partial charge in [-0.3, -0.25) is 4.99 Å².